The predicted octanol–water partition coefficient (Wildman–Crippen LogP) is 4.19. The van der Waals surface area contributed by atoms with Gasteiger partial charge in [0.2, 0.25) is 5.91 Å². The number of nitrogen functional groups attached to an aromatic ring is 1. The zero-order valence-corrected chi connectivity index (χ0v) is 14.9. The van der Waals surface area contributed by atoms with Crippen LogP contribution in [0.15, 0.2) is 48.5 Å². The number of para-hydroxylation sites is 1. The van der Waals surface area contributed by atoms with Crippen LogP contribution in [0.5, 0.6) is 0 Å². The van der Waals surface area contributed by atoms with E-state index in [1.165, 1.54) is 0 Å². The van der Waals surface area contributed by atoms with Gasteiger partial charge in [0.05, 0.1) is 12.7 Å². The maximum absolute atomic E-state index is 12.0. The summed E-state index contributed by atoms with van der Waals surface area (Å²) in [5.41, 5.74) is 9.50. The van der Waals surface area contributed by atoms with Crippen molar-refractivity contribution in [1.82, 2.24) is 0 Å². The Balaban J connectivity index is 0.00000288. The number of carbonyl (C=O) groups is 1. The van der Waals surface area contributed by atoms with Gasteiger partial charge in [-0.25, -0.2) is 0 Å². The molecule has 0 unspecified atom stereocenters. The van der Waals surface area contributed by atoms with Gasteiger partial charge in [-0.3, -0.25) is 4.79 Å². The Hall–Kier alpha value is -2.04. The van der Waals surface area contributed by atoms with Crippen LogP contribution in [0.2, 0.25) is 0 Å². The molecule has 0 atom stereocenters. The van der Waals surface area contributed by atoms with Gasteiger partial charge < -0.3 is 15.8 Å². The summed E-state index contributed by atoms with van der Waals surface area (Å²) in [7, 11) is 0. The topological polar surface area (TPSA) is 64.3 Å². The minimum absolute atomic E-state index is 0. The van der Waals surface area contributed by atoms with E-state index in [-0.39, 0.29) is 24.4 Å². The molecule has 0 aliphatic carbocycles. The van der Waals surface area contributed by atoms with E-state index in [2.05, 4.69) is 5.32 Å². The molecule has 0 aliphatic rings. The van der Waals surface area contributed by atoms with Crippen LogP contribution in [0.25, 0.3) is 0 Å². The van der Waals surface area contributed by atoms with Crippen LogP contribution in [0.3, 0.4) is 0 Å². The summed E-state index contributed by atoms with van der Waals surface area (Å²) in [5.74, 6) is -0.0144. The zero-order valence-electron chi connectivity index (χ0n) is 14.1. The van der Waals surface area contributed by atoms with E-state index in [9.17, 15) is 4.79 Å². The third-order valence-electron chi connectivity index (χ3n) is 3.50. The summed E-state index contributed by atoms with van der Waals surface area (Å²) in [4.78, 5) is 12.0. The fourth-order valence-corrected chi connectivity index (χ4v) is 2.18. The number of halogens is 1. The highest BCUT2D eigenvalue weighted by atomic mass is 35.5. The van der Waals surface area contributed by atoms with Crippen molar-refractivity contribution >= 4 is 29.7 Å². The Morgan fingerprint density at radius 2 is 1.79 bits per heavy atom. The van der Waals surface area contributed by atoms with E-state index in [0.29, 0.717) is 19.4 Å². The molecule has 0 aliphatic heterocycles. The molecule has 0 radical (unpaired) electrons. The maximum atomic E-state index is 12.0. The Kier molecular flexibility index (Phi) is 8.30. The highest BCUT2D eigenvalue weighted by Gasteiger charge is 2.05. The highest BCUT2D eigenvalue weighted by molar-refractivity contribution is 5.90. The van der Waals surface area contributed by atoms with Crippen molar-refractivity contribution in [1.29, 1.82) is 0 Å². The molecular formula is C19H25ClN2O2. The minimum atomic E-state index is -0.0144. The number of ether oxygens (including phenoxy) is 1. The Labute approximate surface area is 149 Å². The predicted molar refractivity (Wildman–Crippen MR) is 101 cm³/mol. The normalized spacial score (nSPS) is 10.3. The number of hydrogen-bond donors (Lipinski definition) is 2. The van der Waals surface area contributed by atoms with Gasteiger partial charge in [0.1, 0.15) is 0 Å². The Morgan fingerprint density at radius 1 is 1.12 bits per heavy atom. The smallest absolute Gasteiger partial charge is 0.224 e. The van der Waals surface area contributed by atoms with Crippen LogP contribution in [0.1, 0.15) is 31.4 Å². The number of benzene rings is 2. The molecule has 3 N–H and O–H groups in total. The van der Waals surface area contributed by atoms with Crippen molar-refractivity contribution in [3.8, 4) is 0 Å². The van der Waals surface area contributed by atoms with Crippen molar-refractivity contribution in [2.24, 2.45) is 0 Å². The summed E-state index contributed by atoms with van der Waals surface area (Å²) in [6.45, 7) is 4.60. The van der Waals surface area contributed by atoms with Gasteiger partial charge in [0.15, 0.2) is 0 Å². The second-order valence-electron chi connectivity index (χ2n) is 5.80. The number of rotatable bonds is 7. The molecule has 24 heavy (non-hydrogen) atoms. The molecule has 0 spiro atoms. The second kappa shape index (κ2) is 9.96. The minimum Gasteiger partial charge on any atom is -0.399 e. The van der Waals surface area contributed by atoms with E-state index in [1.807, 2.05) is 62.4 Å². The van der Waals surface area contributed by atoms with Crippen LogP contribution < -0.4 is 11.1 Å². The van der Waals surface area contributed by atoms with E-state index in [4.69, 9.17) is 10.5 Å². The molecule has 2 aromatic carbocycles. The zero-order chi connectivity index (χ0) is 16.7. The van der Waals surface area contributed by atoms with Crippen LogP contribution >= 0.6 is 12.4 Å². The van der Waals surface area contributed by atoms with E-state index >= 15 is 0 Å². The number of aryl methyl sites for hydroxylation is 1. The first-order chi connectivity index (χ1) is 11.0. The molecule has 2 rings (SSSR count). The van der Waals surface area contributed by atoms with Gasteiger partial charge in [-0.2, -0.15) is 0 Å². The monoisotopic (exact) mass is 348 g/mol. The van der Waals surface area contributed by atoms with Gasteiger partial charge in [-0.15, -0.1) is 12.4 Å². The van der Waals surface area contributed by atoms with Gasteiger partial charge in [0, 0.05) is 17.8 Å². The van der Waals surface area contributed by atoms with E-state index in [0.717, 1.165) is 22.5 Å². The van der Waals surface area contributed by atoms with Crippen molar-refractivity contribution in [3.63, 3.8) is 0 Å². The third-order valence-corrected chi connectivity index (χ3v) is 3.50. The highest BCUT2D eigenvalue weighted by Crippen LogP contribution is 2.14. The lowest BCUT2D eigenvalue weighted by Gasteiger charge is -2.09. The lowest BCUT2D eigenvalue weighted by Crippen LogP contribution is -2.12. The van der Waals surface area contributed by atoms with Crippen LogP contribution in [-0.2, 0) is 22.6 Å². The molecule has 0 heterocycles. The van der Waals surface area contributed by atoms with Crippen LogP contribution in [0, 0.1) is 0 Å². The number of carbonyl (C=O) groups excluding carboxylic acids is 1. The van der Waals surface area contributed by atoms with Crippen molar-refractivity contribution in [3.05, 3.63) is 59.7 Å². The first-order valence-corrected chi connectivity index (χ1v) is 7.88. The van der Waals surface area contributed by atoms with E-state index in [1.54, 1.807) is 0 Å². The molecule has 1 amide bonds. The Morgan fingerprint density at radius 3 is 2.42 bits per heavy atom. The molecule has 0 aromatic heterocycles. The Bertz CT molecular complexity index is 642. The van der Waals surface area contributed by atoms with Crippen LogP contribution in [0.4, 0.5) is 11.4 Å². The summed E-state index contributed by atoms with van der Waals surface area (Å²) in [5, 5.41) is 2.90. The summed E-state index contributed by atoms with van der Waals surface area (Å²) >= 11 is 0. The van der Waals surface area contributed by atoms with Crippen molar-refractivity contribution in [2.45, 2.75) is 39.4 Å². The standard InChI is InChI=1S/C19H24N2O2.ClH/c1-14(2)23-13-15-7-10-17(11-8-15)21-19(22)12-9-16-5-3-4-6-18(16)20;/h3-8,10-11,14H,9,12-13,20H2,1-2H3,(H,21,22);1H. The van der Waals surface area contributed by atoms with Crippen LogP contribution in [-0.4, -0.2) is 12.0 Å². The molecule has 0 fully saturated rings. The summed E-state index contributed by atoms with van der Waals surface area (Å²) in [6, 6.07) is 15.4. The average Bonchev–Trinajstić information content (AvgIpc) is 2.53. The fourth-order valence-electron chi connectivity index (χ4n) is 2.18. The summed E-state index contributed by atoms with van der Waals surface area (Å²) < 4.78 is 5.55. The molecule has 2 aromatic rings. The quantitative estimate of drug-likeness (QED) is 0.737. The number of nitrogens with two attached hydrogens (primary N) is 1. The van der Waals surface area contributed by atoms with Gasteiger partial charge in [0.25, 0.3) is 0 Å². The first kappa shape index (κ1) is 20.0. The van der Waals surface area contributed by atoms with Gasteiger partial charge in [-0.05, 0) is 49.6 Å². The van der Waals surface area contributed by atoms with Crippen molar-refractivity contribution < 1.29 is 9.53 Å². The maximum Gasteiger partial charge on any atom is 0.224 e. The third kappa shape index (κ3) is 6.60. The lowest BCUT2D eigenvalue weighted by atomic mass is 10.1. The number of hydrogen-bond acceptors (Lipinski definition) is 3. The molecule has 5 heteroatoms. The summed E-state index contributed by atoms with van der Waals surface area (Å²) in [6.07, 6.45) is 1.26. The van der Waals surface area contributed by atoms with Gasteiger partial charge in [-0.1, -0.05) is 30.3 Å². The molecule has 130 valence electrons. The molecule has 4 nitrogen and oxygen atoms in total. The molecule has 0 saturated carbocycles. The SMILES string of the molecule is CC(C)OCc1ccc(NC(=O)CCc2ccccc2N)cc1.Cl. The van der Waals surface area contributed by atoms with E-state index < -0.39 is 0 Å². The number of amides is 1. The lowest BCUT2D eigenvalue weighted by molar-refractivity contribution is -0.116. The second-order valence-corrected chi connectivity index (χ2v) is 5.80. The van der Waals surface area contributed by atoms with Gasteiger partial charge >= 0.3 is 0 Å². The number of anilines is 2. The first-order valence-electron chi connectivity index (χ1n) is 7.88. The largest absolute Gasteiger partial charge is 0.399 e. The number of nitrogens with one attached hydrogen (secondary N) is 1. The van der Waals surface area contributed by atoms with Crippen molar-refractivity contribution in [2.75, 3.05) is 11.1 Å². The fraction of sp³-hybridized carbons (Fsp3) is 0.316. The average molecular weight is 349 g/mol. The molecule has 0 bridgehead atoms. The molecule has 0 saturated heterocycles. The molecular weight excluding hydrogens is 324 g/mol.